The van der Waals surface area contributed by atoms with Gasteiger partial charge < -0.3 is 5.32 Å². The van der Waals surface area contributed by atoms with Crippen molar-refractivity contribution >= 4 is 39.1 Å². The van der Waals surface area contributed by atoms with E-state index in [-0.39, 0.29) is 6.04 Å². The Labute approximate surface area is 144 Å². The fourth-order valence-corrected chi connectivity index (χ4v) is 2.91. The summed E-state index contributed by atoms with van der Waals surface area (Å²) in [6.07, 6.45) is 3.58. The maximum Gasteiger partial charge on any atom is 0.0577 e. The van der Waals surface area contributed by atoms with Crippen LogP contribution < -0.4 is 5.32 Å². The number of pyridine rings is 1. The molecule has 0 amide bonds. The van der Waals surface area contributed by atoms with Crippen molar-refractivity contribution in [1.82, 2.24) is 10.3 Å². The van der Waals surface area contributed by atoms with E-state index in [4.69, 9.17) is 23.2 Å². The molecular weight excluding hydrogens is 371 g/mol. The highest BCUT2D eigenvalue weighted by atomic mass is 79.9. The van der Waals surface area contributed by atoms with Gasteiger partial charge in [-0.1, -0.05) is 36.2 Å². The average Bonchev–Trinajstić information content (AvgIpc) is 2.47. The normalized spacial score (nSPS) is 12.4. The van der Waals surface area contributed by atoms with Crippen molar-refractivity contribution in [3.8, 4) is 0 Å². The molecule has 2 nitrogen and oxygen atoms in total. The van der Waals surface area contributed by atoms with Gasteiger partial charge in [-0.3, -0.25) is 4.98 Å². The predicted molar refractivity (Wildman–Crippen MR) is 93.1 cm³/mol. The van der Waals surface area contributed by atoms with Crippen LogP contribution in [-0.4, -0.2) is 11.5 Å². The highest BCUT2D eigenvalue weighted by Crippen LogP contribution is 2.29. The van der Waals surface area contributed by atoms with Crippen molar-refractivity contribution in [2.24, 2.45) is 0 Å². The largest absolute Gasteiger partial charge is 0.308 e. The first kappa shape index (κ1) is 16.8. The molecule has 2 aromatic rings. The van der Waals surface area contributed by atoms with Gasteiger partial charge >= 0.3 is 0 Å². The molecule has 0 saturated carbocycles. The van der Waals surface area contributed by atoms with Crippen molar-refractivity contribution in [2.75, 3.05) is 6.54 Å². The van der Waals surface area contributed by atoms with E-state index in [1.807, 2.05) is 36.5 Å². The van der Waals surface area contributed by atoms with Gasteiger partial charge in [0.25, 0.3) is 0 Å². The predicted octanol–water partition coefficient (Wildman–Crippen LogP) is 5.43. The van der Waals surface area contributed by atoms with E-state index in [2.05, 4.69) is 33.2 Å². The summed E-state index contributed by atoms with van der Waals surface area (Å²) in [5, 5.41) is 4.91. The molecule has 21 heavy (non-hydrogen) atoms. The summed E-state index contributed by atoms with van der Waals surface area (Å²) < 4.78 is 0.969. The molecule has 1 aromatic carbocycles. The van der Waals surface area contributed by atoms with Crippen LogP contribution in [0, 0.1) is 0 Å². The van der Waals surface area contributed by atoms with Crippen molar-refractivity contribution in [3.05, 3.63) is 62.3 Å². The van der Waals surface area contributed by atoms with Crippen molar-refractivity contribution in [2.45, 2.75) is 25.8 Å². The van der Waals surface area contributed by atoms with Crippen molar-refractivity contribution < 1.29 is 0 Å². The van der Waals surface area contributed by atoms with Crippen LogP contribution in [-0.2, 0) is 6.42 Å². The number of nitrogens with one attached hydrogen (secondary N) is 1. The van der Waals surface area contributed by atoms with Crippen LogP contribution >= 0.6 is 39.1 Å². The SMILES string of the molecule is CCCNC(Cc1c(Cl)cccc1Cl)c1ccc(Br)cn1. The summed E-state index contributed by atoms with van der Waals surface area (Å²) in [7, 11) is 0. The van der Waals surface area contributed by atoms with Gasteiger partial charge in [-0.05, 0) is 65.1 Å². The van der Waals surface area contributed by atoms with E-state index >= 15 is 0 Å². The lowest BCUT2D eigenvalue weighted by Crippen LogP contribution is -2.25. The zero-order valence-electron chi connectivity index (χ0n) is 11.7. The Kier molecular flexibility index (Phi) is 6.49. The highest BCUT2D eigenvalue weighted by molar-refractivity contribution is 9.10. The van der Waals surface area contributed by atoms with Gasteiger partial charge in [0.05, 0.1) is 11.7 Å². The van der Waals surface area contributed by atoms with E-state index in [0.717, 1.165) is 28.7 Å². The molecule has 112 valence electrons. The van der Waals surface area contributed by atoms with Crippen molar-refractivity contribution in [1.29, 1.82) is 0 Å². The molecular formula is C16H17BrCl2N2. The molecule has 0 spiro atoms. The van der Waals surface area contributed by atoms with Crippen LogP contribution in [0.15, 0.2) is 41.0 Å². The topological polar surface area (TPSA) is 24.9 Å². The van der Waals surface area contributed by atoms with Gasteiger partial charge in [0.15, 0.2) is 0 Å². The Hall–Kier alpha value is -0.610. The minimum atomic E-state index is 0.0930. The van der Waals surface area contributed by atoms with Gasteiger partial charge in [-0.25, -0.2) is 0 Å². The lowest BCUT2D eigenvalue weighted by Gasteiger charge is -2.19. The van der Waals surface area contributed by atoms with E-state index in [0.29, 0.717) is 16.5 Å². The fourth-order valence-electron chi connectivity index (χ4n) is 2.12. The number of benzene rings is 1. The first-order valence-corrected chi connectivity index (χ1v) is 8.44. The van der Waals surface area contributed by atoms with Crippen LogP contribution in [0.4, 0.5) is 0 Å². The average molecular weight is 388 g/mol. The Balaban J connectivity index is 2.26. The van der Waals surface area contributed by atoms with Gasteiger partial charge in [-0.15, -0.1) is 0 Å². The Bertz CT molecular complexity index is 567. The van der Waals surface area contributed by atoms with Crippen LogP contribution in [0.3, 0.4) is 0 Å². The van der Waals surface area contributed by atoms with E-state index in [1.54, 1.807) is 0 Å². The molecule has 1 heterocycles. The molecule has 2 rings (SSSR count). The number of hydrogen-bond acceptors (Lipinski definition) is 2. The molecule has 0 aliphatic heterocycles. The van der Waals surface area contributed by atoms with Crippen LogP contribution in [0.5, 0.6) is 0 Å². The molecule has 1 atom stereocenters. The third-order valence-corrected chi connectivity index (χ3v) is 4.40. The zero-order valence-corrected chi connectivity index (χ0v) is 14.8. The van der Waals surface area contributed by atoms with Crippen LogP contribution in [0.2, 0.25) is 10.0 Å². The molecule has 0 bridgehead atoms. The molecule has 1 N–H and O–H groups in total. The lowest BCUT2D eigenvalue weighted by molar-refractivity contribution is 0.518. The fraction of sp³-hybridized carbons (Fsp3) is 0.312. The first-order valence-electron chi connectivity index (χ1n) is 6.89. The van der Waals surface area contributed by atoms with E-state index < -0.39 is 0 Å². The second-order valence-electron chi connectivity index (χ2n) is 4.81. The molecule has 0 aliphatic carbocycles. The number of aromatic nitrogens is 1. The molecule has 1 aromatic heterocycles. The molecule has 0 aliphatic rings. The summed E-state index contributed by atoms with van der Waals surface area (Å²) in [5.74, 6) is 0. The zero-order chi connectivity index (χ0) is 15.2. The molecule has 0 fully saturated rings. The molecule has 0 saturated heterocycles. The lowest BCUT2D eigenvalue weighted by atomic mass is 10.0. The molecule has 1 unspecified atom stereocenters. The summed E-state index contributed by atoms with van der Waals surface area (Å²) in [6, 6.07) is 9.71. The summed E-state index contributed by atoms with van der Waals surface area (Å²) >= 11 is 16.0. The van der Waals surface area contributed by atoms with E-state index in [9.17, 15) is 0 Å². The van der Waals surface area contributed by atoms with Gasteiger partial charge in [0, 0.05) is 20.7 Å². The minimum absolute atomic E-state index is 0.0930. The first-order chi connectivity index (χ1) is 10.1. The molecule has 0 radical (unpaired) electrons. The number of nitrogens with zero attached hydrogens (tertiary/aromatic N) is 1. The highest BCUT2D eigenvalue weighted by Gasteiger charge is 2.16. The third kappa shape index (κ3) is 4.68. The van der Waals surface area contributed by atoms with E-state index in [1.165, 1.54) is 0 Å². The Morgan fingerprint density at radius 3 is 2.48 bits per heavy atom. The summed E-state index contributed by atoms with van der Waals surface area (Å²) in [6.45, 7) is 3.06. The second kappa shape index (κ2) is 8.14. The second-order valence-corrected chi connectivity index (χ2v) is 6.54. The third-order valence-electron chi connectivity index (χ3n) is 3.22. The maximum absolute atomic E-state index is 6.28. The Morgan fingerprint density at radius 1 is 1.19 bits per heavy atom. The molecule has 5 heteroatoms. The number of halogens is 3. The van der Waals surface area contributed by atoms with Crippen LogP contribution in [0.1, 0.15) is 30.6 Å². The smallest absolute Gasteiger partial charge is 0.0577 e. The Morgan fingerprint density at radius 2 is 1.90 bits per heavy atom. The van der Waals surface area contributed by atoms with Crippen LogP contribution in [0.25, 0.3) is 0 Å². The number of rotatable bonds is 6. The van der Waals surface area contributed by atoms with Gasteiger partial charge in [0.2, 0.25) is 0 Å². The standard InChI is InChI=1S/C16H17BrCl2N2/c1-2-8-20-16(15-7-6-11(17)10-21-15)9-12-13(18)4-3-5-14(12)19/h3-7,10,16,20H,2,8-9H2,1H3. The minimum Gasteiger partial charge on any atom is -0.308 e. The van der Waals surface area contributed by atoms with Gasteiger partial charge in [0.1, 0.15) is 0 Å². The summed E-state index contributed by atoms with van der Waals surface area (Å²) in [5.41, 5.74) is 1.95. The quantitative estimate of drug-likeness (QED) is 0.714. The van der Waals surface area contributed by atoms with Gasteiger partial charge in [-0.2, -0.15) is 0 Å². The summed E-state index contributed by atoms with van der Waals surface area (Å²) in [4.78, 5) is 4.49. The maximum atomic E-state index is 6.28. The monoisotopic (exact) mass is 386 g/mol. The van der Waals surface area contributed by atoms with Crippen molar-refractivity contribution in [3.63, 3.8) is 0 Å². The number of hydrogen-bond donors (Lipinski definition) is 1.